The molecule has 82 valence electrons. The number of carbonyl (C=O) groups excluding carboxylic acids is 1. The number of likely N-dealkylation sites (tertiary alicyclic amines) is 1. The molecular weight excluding hydrogens is 178 g/mol. The van der Waals surface area contributed by atoms with E-state index >= 15 is 0 Å². The first-order valence-corrected chi connectivity index (χ1v) is 5.32. The Labute approximate surface area is 85.6 Å². The third-order valence-electron chi connectivity index (χ3n) is 2.95. The Kier molecular flexibility index (Phi) is 3.89. The highest BCUT2D eigenvalue weighted by Gasteiger charge is 2.26. The standard InChI is InChI=1S/C10H21N3O/c1-7(8(2)11)10(14)13-5-3-4-9(12)6-13/h7-9H,3-6,11-12H2,1-2H3/t7?,8?,9-/m1/s1. The maximum absolute atomic E-state index is 11.9. The van der Waals surface area contributed by atoms with Crippen LogP contribution in [0.15, 0.2) is 0 Å². The van der Waals surface area contributed by atoms with E-state index in [-0.39, 0.29) is 23.9 Å². The van der Waals surface area contributed by atoms with Crippen molar-refractivity contribution in [3.63, 3.8) is 0 Å². The smallest absolute Gasteiger partial charge is 0.227 e. The van der Waals surface area contributed by atoms with Crippen LogP contribution in [0.25, 0.3) is 0 Å². The normalized spacial score (nSPS) is 27.1. The first kappa shape index (κ1) is 11.5. The zero-order chi connectivity index (χ0) is 10.7. The molecular formula is C10H21N3O. The average molecular weight is 199 g/mol. The quantitative estimate of drug-likeness (QED) is 0.653. The number of amides is 1. The maximum Gasteiger partial charge on any atom is 0.227 e. The molecule has 1 aliphatic rings. The monoisotopic (exact) mass is 199 g/mol. The summed E-state index contributed by atoms with van der Waals surface area (Å²) in [5.41, 5.74) is 11.5. The molecule has 1 rings (SSSR count). The van der Waals surface area contributed by atoms with Crippen molar-refractivity contribution in [1.29, 1.82) is 0 Å². The summed E-state index contributed by atoms with van der Waals surface area (Å²) in [5, 5.41) is 0. The molecule has 4 nitrogen and oxygen atoms in total. The first-order chi connectivity index (χ1) is 6.52. The van der Waals surface area contributed by atoms with E-state index in [4.69, 9.17) is 11.5 Å². The average Bonchev–Trinajstić information content (AvgIpc) is 2.15. The van der Waals surface area contributed by atoms with Crippen molar-refractivity contribution in [1.82, 2.24) is 4.90 Å². The molecule has 4 N–H and O–H groups in total. The fourth-order valence-corrected chi connectivity index (χ4v) is 1.72. The van der Waals surface area contributed by atoms with Crippen LogP contribution in [0.5, 0.6) is 0 Å². The summed E-state index contributed by atoms with van der Waals surface area (Å²) < 4.78 is 0. The van der Waals surface area contributed by atoms with Gasteiger partial charge in [-0.15, -0.1) is 0 Å². The summed E-state index contributed by atoms with van der Waals surface area (Å²) in [4.78, 5) is 13.7. The minimum atomic E-state index is -0.0969. The SMILES string of the molecule is CC(N)C(C)C(=O)N1CCC[C@@H](N)C1. The van der Waals surface area contributed by atoms with E-state index in [2.05, 4.69) is 0 Å². The van der Waals surface area contributed by atoms with Gasteiger partial charge < -0.3 is 16.4 Å². The lowest BCUT2D eigenvalue weighted by Crippen LogP contribution is -2.49. The summed E-state index contributed by atoms with van der Waals surface area (Å²) in [6.45, 7) is 5.28. The molecule has 1 saturated heterocycles. The summed E-state index contributed by atoms with van der Waals surface area (Å²) in [7, 11) is 0. The zero-order valence-electron chi connectivity index (χ0n) is 9.07. The topological polar surface area (TPSA) is 72.4 Å². The Bertz CT molecular complexity index is 206. The van der Waals surface area contributed by atoms with E-state index in [1.165, 1.54) is 0 Å². The predicted molar refractivity (Wildman–Crippen MR) is 56.6 cm³/mol. The highest BCUT2D eigenvalue weighted by molar-refractivity contribution is 5.79. The van der Waals surface area contributed by atoms with Gasteiger partial charge in [-0.25, -0.2) is 0 Å². The number of carbonyl (C=O) groups is 1. The second-order valence-electron chi connectivity index (χ2n) is 4.33. The Morgan fingerprint density at radius 3 is 2.64 bits per heavy atom. The van der Waals surface area contributed by atoms with Crippen LogP contribution >= 0.6 is 0 Å². The molecule has 4 heteroatoms. The minimum Gasteiger partial charge on any atom is -0.341 e. The molecule has 2 unspecified atom stereocenters. The molecule has 0 bridgehead atoms. The number of hydrogen-bond donors (Lipinski definition) is 2. The van der Waals surface area contributed by atoms with E-state index in [1.54, 1.807) is 0 Å². The molecule has 0 saturated carbocycles. The van der Waals surface area contributed by atoms with Crippen LogP contribution in [0.3, 0.4) is 0 Å². The fourth-order valence-electron chi connectivity index (χ4n) is 1.72. The van der Waals surface area contributed by atoms with Gasteiger partial charge in [-0.3, -0.25) is 4.79 Å². The van der Waals surface area contributed by atoms with E-state index < -0.39 is 0 Å². The molecule has 0 aliphatic carbocycles. The zero-order valence-corrected chi connectivity index (χ0v) is 9.07. The molecule has 0 radical (unpaired) electrons. The second kappa shape index (κ2) is 4.75. The van der Waals surface area contributed by atoms with Crippen LogP contribution in [0, 0.1) is 5.92 Å². The van der Waals surface area contributed by atoms with Crippen molar-refractivity contribution < 1.29 is 4.79 Å². The summed E-state index contributed by atoms with van der Waals surface area (Å²) >= 11 is 0. The Hall–Kier alpha value is -0.610. The van der Waals surface area contributed by atoms with Crippen LogP contribution in [0.1, 0.15) is 26.7 Å². The van der Waals surface area contributed by atoms with Gasteiger partial charge >= 0.3 is 0 Å². The largest absolute Gasteiger partial charge is 0.341 e. The summed E-state index contributed by atoms with van der Waals surface area (Å²) in [6, 6.07) is 0.0635. The van der Waals surface area contributed by atoms with Gasteiger partial charge in [0.2, 0.25) is 5.91 Å². The first-order valence-electron chi connectivity index (χ1n) is 5.32. The van der Waals surface area contributed by atoms with Crippen molar-refractivity contribution in [2.24, 2.45) is 17.4 Å². The van der Waals surface area contributed by atoms with Crippen LogP contribution in [-0.4, -0.2) is 36.0 Å². The van der Waals surface area contributed by atoms with Gasteiger partial charge in [-0.2, -0.15) is 0 Å². The Morgan fingerprint density at radius 1 is 1.50 bits per heavy atom. The van der Waals surface area contributed by atoms with E-state index in [9.17, 15) is 4.79 Å². The third kappa shape index (κ3) is 2.69. The Balaban J connectivity index is 2.51. The van der Waals surface area contributed by atoms with Gasteiger partial charge in [0.05, 0.1) is 5.92 Å². The lowest BCUT2D eigenvalue weighted by molar-refractivity contribution is -0.136. The second-order valence-corrected chi connectivity index (χ2v) is 4.33. The molecule has 1 aliphatic heterocycles. The van der Waals surface area contributed by atoms with E-state index in [0.717, 1.165) is 19.4 Å². The van der Waals surface area contributed by atoms with Crippen LogP contribution in [0.4, 0.5) is 0 Å². The molecule has 0 aromatic carbocycles. The fraction of sp³-hybridized carbons (Fsp3) is 0.900. The summed E-state index contributed by atoms with van der Waals surface area (Å²) in [6.07, 6.45) is 2.04. The van der Waals surface area contributed by atoms with Crippen molar-refractivity contribution in [2.45, 2.75) is 38.8 Å². The predicted octanol–water partition coefficient (Wildman–Crippen LogP) is -0.0806. The van der Waals surface area contributed by atoms with Gasteiger partial charge in [0.25, 0.3) is 0 Å². The van der Waals surface area contributed by atoms with Crippen molar-refractivity contribution in [2.75, 3.05) is 13.1 Å². The van der Waals surface area contributed by atoms with E-state index in [0.29, 0.717) is 6.54 Å². The Morgan fingerprint density at radius 2 is 2.14 bits per heavy atom. The highest BCUT2D eigenvalue weighted by atomic mass is 16.2. The van der Waals surface area contributed by atoms with Gasteiger partial charge in [-0.05, 0) is 19.8 Å². The number of nitrogens with zero attached hydrogens (tertiary/aromatic N) is 1. The molecule has 0 spiro atoms. The summed E-state index contributed by atoms with van der Waals surface area (Å²) in [5.74, 6) is 0.0513. The molecule has 0 aromatic rings. The molecule has 14 heavy (non-hydrogen) atoms. The van der Waals surface area contributed by atoms with Crippen molar-refractivity contribution in [3.05, 3.63) is 0 Å². The molecule has 1 fully saturated rings. The molecule has 3 atom stereocenters. The van der Waals surface area contributed by atoms with Gasteiger partial charge in [0.1, 0.15) is 0 Å². The van der Waals surface area contributed by atoms with Gasteiger partial charge in [0.15, 0.2) is 0 Å². The van der Waals surface area contributed by atoms with E-state index in [1.807, 2.05) is 18.7 Å². The molecule has 1 amide bonds. The number of piperidine rings is 1. The third-order valence-corrected chi connectivity index (χ3v) is 2.95. The highest BCUT2D eigenvalue weighted by Crippen LogP contribution is 2.13. The van der Waals surface area contributed by atoms with Crippen LogP contribution in [-0.2, 0) is 4.79 Å². The van der Waals surface area contributed by atoms with Crippen molar-refractivity contribution in [3.8, 4) is 0 Å². The lowest BCUT2D eigenvalue weighted by Gasteiger charge is -2.33. The number of rotatable bonds is 2. The number of hydrogen-bond acceptors (Lipinski definition) is 3. The minimum absolute atomic E-state index is 0.0827. The lowest BCUT2D eigenvalue weighted by atomic mass is 10.00. The maximum atomic E-state index is 11.9. The molecule has 1 heterocycles. The number of nitrogens with two attached hydrogens (primary N) is 2. The molecule has 0 aromatic heterocycles. The van der Waals surface area contributed by atoms with Gasteiger partial charge in [0, 0.05) is 25.2 Å². The van der Waals surface area contributed by atoms with Crippen LogP contribution in [0.2, 0.25) is 0 Å². The van der Waals surface area contributed by atoms with Crippen LogP contribution < -0.4 is 11.5 Å². The van der Waals surface area contributed by atoms with Gasteiger partial charge in [-0.1, -0.05) is 6.92 Å². The van der Waals surface area contributed by atoms with Crippen molar-refractivity contribution >= 4 is 5.91 Å².